The van der Waals surface area contributed by atoms with E-state index in [0.717, 1.165) is 4.90 Å². The third kappa shape index (κ3) is 16.3. The number of aliphatic hydroxyl groups excluding tert-OH is 1. The molecule has 4 aliphatic heterocycles. The summed E-state index contributed by atoms with van der Waals surface area (Å²) in [7, 11) is 0.0493. The molecule has 1 aliphatic carbocycles. The van der Waals surface area contributed by atoms with Crippen molar-refractivity contribution in [3.8, 4) is 0 Å². The number of amides is 1. The van der Waals surface area contributed by atoms with E-state index in [1.807, 2.05) is 37.3 Å². The predicted molar refractivity (Wildman–Crippen MR) is 278 cm³/mol. The van der Waals surface area contributed by atoms with E-state index in [9.17, 15) is 39.0 Å². The lowest BCUT2D eigenvalue weighted by atomic mass is 9.78. The predicted octanol–water partition coefficient (Wildman–Crippen LogP) is 7.13. The SMILES string of the molecule is [2H]C([2H])([2H])O[C@@H]1C[C@H](C[C@@H](C)[C@@H]2CC(=O)C(C)=CC(C)[C@@H](O)[C@@H](OC)C(=O)[C@H](C)C[C@H](C)C=CC=CC=C[C@@H](OC)C[C@@H]3CC[C@@H](C)[C@@](O)(O3)C(=O)C(=O)N3CCCC[C@H]3C(=O)O2)CC[C@H]1OC(=O)C1(C)COC(C)(C)OC1. The first-order valence-electron chi connectivity index (χ1n) is 28.6. The first-order chi connectivity index (χ1) is 36.5. The van der Waals surface area contributed by atoms with E-state index < -0.39 is 126 Å². The van der Waals surface area contributed by atoms with E-state index in [0.29, 0.717) is 44.9 Å². The maximum Gasteiger partial charge on any atom is 0.329 e. The van der Waals surface area contributed by atoms with Crippen LogP contribution in [-0.4, -0.2) is 152 Å². The number of hydrogen-bond donors (Lipinski definition) is 2. The molecular formula is C58H89NO16. The third-order valence-corrected chi connectivity index (χ3v) is 16.1. The Labute approximate surface area is 449 Å². The quantitative estimate of drug-likeness (QED) is 0.182. The summed E-state index contributed by atoms with van der Waals surface area (Å²) in [6, 6.07) is -1.25. The van der Waals surface area contributed by atoms with Gasteiger partial charge in [-0.15, -0.1) is 0 Å². The largest absolute Gasteiger partial charge is 0.460 e. The lowest BCUT2D eigenvalue weighted by Crippen LogP contribution is -2.60. The summed E-state index contributed by atoms with van der Waals surface area (Å²) in [5.74, 6) is -10.7. The third-order valence-electron chi connectivity index (χ3n) is 16.1. The van der Waals surface area contributed by atoms with Gasteiger partial charge in [0.1, 0.15) is 29.8 Å². The van der Waals surface area contributed by atoms with Crippen molar-refractivity contribution < 1.29 is 81.0 Å². The Morgan fingerprint density at radius 2 is 1.56 bits per heavy atom. The summed E-state index contributed by atoms with van der Waals surface area (Å²) in [5, 5.41) is 23.6. The second-order valence-electron chi connectivity index (χ2n) is 22.9. The molecule has 75 heavy (non-hydrogen) atoms. The highest BCUT2D eigenvalue weighted by Crippen LogP contribution is 2.39. The minimum Gasteiger partial charge on any atom is -0.460 e. The van der Waals surface area contributed by atoms with Gasteiger partial charge in [-0.05, 0) is 115 Å². The van der Waals surface area contributed by atoms with Crippen molar-refractivity contribution in [2.75, 3.05) is 41.0 Å². The number of esters is 2. The first kappa shape index (κ1) is 57.2. The number of cyclic esters (lactones) is 1. The zero-order valence-electron chi connectivity index (χ0n) is 49.3. The van der Waals surface area contributed by atoms with Crippen LogP contribution in [0.2, 0.25) is 0 Å². The van der Waals surface area contributed by atoms with E-state index in [1.54, 1.807) is 67.5 Å². The van der Waals surface area contributed by atoms with Crippen molar-refractivity contribution in [2.24, 2.45) is 40.9 Å². The molecule has 0 aromatic carbocycles. The summed E-state index contributed by atoms with van der Waals surface area (Å²) in [5.41, 5.74) is -0.930. The van der Waals surface area contributed by atoms with Crippen LogP contribution in [0.4, 0.5) is 0 Å². The lowest BCUT2D eigenvalue weighted by molar-refractivity contribution is -0.283. The normalized spacial score (nSPS) is 37.5. The second-order valence-corrected chi connectivity index (χ2v) is 22.9. The molecule has 1 unspecified atom stereocenters. The van der Waals surface area contributed by atoms with Crippen LogP contribution in [0.25, 0.3) is 0 Å². The van der Waals surface area contributed by atoms with E-state index in [4.69, 9.17) is 42.0 Å². The van der Waals surface area contributed by atoms with Crippen LogP contribution in [0, 0.1) is 40.9 Å². The van der Waals surface area contributed by atoms with Crippen molar-refractivity contribution in [1.29, 1.82) is 0 Å². The summed E-state index contributed by atoms with van der Waals surface area (Å²) in [6.45, 7) is 15.6. The number of carbonyl (C=O) groups excluding carboxylic acids is 6. The summed E-state index contributed by atoms with van der Waals surface area (Å²) in [4.78, 5) is 86.3. The maximum absolute atomic E-state index is 14.6. The van der Waals surface area contributed by atoms with E-state index in [1.165, 1.54) is 14.2 Å². The van der Waals surface area contributed by atoms with Gasteiger partial charge < -0.3 is 53.0 Å². The highest BCUT2D eigenvalue weighted by atomic mass is 16.7. The van der Waals surface area contributed by atoms with Crippen molar-refractivity contribution in [1.82, 2.24) is 4.90 Å². The van der Waals surface area contributed by atoms with E-state index in [2.05, 4.69) is 0 Å². The molecular weight excluding hydrogens is 967 g/mol. The van der Waals surface area contributed by atoms with Gasteiger partial charge in [-0.2, -0.15) is 0 Å². The van der Waals surface area contributed by atoms with Gasteiger partial charge in [0.15, 0.2) is 17.4 Å². The second kappa shape index (κ2) is 27.6. The Kier molecular flexibility index (Phi) is 21.1. The molecule has 17 nitrogen and oxygen atoms in total. The van der Waals surface area contributed by atoms with Crippen LogP contribution >= 0.6 is 0 Å². The fourth-order valence-corrected chi connectivity index (χ4v) is 11.0. The average Bonchev–Trinajstić information content (AvgIpc) is 3.38. The maximum atomic E-state index is 14.6. The van der Waals surface area contributed by atoms with Crippen LogP contribution in [-0.2, 0) is 66.7 Å². The van der Waals surface area contributed by atoms with Gasteiger partial charge in [0, 0.05) is 58.4 Å². The molecule has 422 valence electrons. The molecule has 1 amide bonds. The summed E-state index contributed by atoms with van der Waals surface area (Å²) in [6.07, 6.45) is 9.43. The number of Topliss-reactive ketones (excluding diaryl/α,β-unsaturated/α-hetero) is 3. The molecule has 2 bridgehead atoms. The first-order valence-corrected chi connectivity index (χ1v) is 27.1. The van der Waals surface area contributed by atoms with Crippen LogP contribution in [0.5, 0.6) is 0 Å². The van der Waals surface area contributed by atoms with Crippen LogP contribution in [0.3, 0.4) is 0 Å². The Hall–Kier alpha value is -3.94. The van der Waals surface area contributed by atoms with Gasteiger partial charge in [-0.3, -0.25) is 24.0 Å². The zero-order valence-corrected chi connectivity index (χ0v) is 46.3. The van der Waals surface area contributed by atoms with Gasteiger partial charge in [0.2, 0.25) is 5.79 Å². The number of ketones is 3. The van der Waals surface area contributed by atoms with Gasteiger partial charge in [0.25, 0.3) is 11.7 Å². The average molecular weight is 1060 g/mol. The van der Waals surface area contributed by atoms with Crippen molar-refractivity contribution in [3.05, 3.63) is 48.1 Å². The molecule has 5 rings (SSSR count). The molecule has 4 fully saturated rings. The monoisotopic (exact) mass is 1060 g/mol. The fourth-order valence-electron chi connectivity index (χ4n) is 11.0. The Morgan fingerprint density at radius 1 is 0.867 bits per heavy atom. The molecule has 0 spiro atoms. The summed E-state index contributed by atoms with van der Waals surface area (Å²) >= 11 is 0. The summed E-state index contributed by atoms with van der Waals surface area (Å²) < 4.78 is 70.8. The molecule has 15 atom stereocenters. The fraction of sp³-hybridized carbons (Fsp3) is 0.759. The number of aliphatic hydroxyl groups is 2. The van der Waals surface area contributed by atoms with Gasteiger partial charge in [-0.25, -0.2) is 4.79 Å². The molecule has 17 heteroatoms. The topological polar surface area (TPSA) is 220 Å². The Morgan fingerprint density at radius 3 is 2.23 bits per heavy atom. The van der Waals surface area contributed by atoms with Gasteiger partial charge in [0.05, 0.1) is 41.7 Å². The van der Waals surface area contributed by atoms with Crippen LogP contribution < -0.4 is 0 Å². The number of rotatable bonds is 8. The number of methoxy groups -OCH3 is 3. The number of ether oxygens (including phenoxy) is 8. The van der Waals surface area contributed by atoms with E-state index in [-0.39, 0.29) is 75.1 Å². The Bertz CT molecular complexity index is 2200. The minimum atomic E-state index is -2.84. The number of hydrogen-bond acceptors (Lipinski definition) is 16. The standard InChI is InChI=1S/C58H89NO16/c1-35-19-15-13-14-16-20-42(68-10)31-43-24-22-40(6)58(67,75-43)52(63)53(64)59-26-18-17-21-44(59)54(65)73-47(32-45(60)36(2)28-39(5)50(62)51(70-12)49(61)38(4)27-35)37(3)29-41-23-25-46(48(30-41)69-11)74-55(66)57(9)33-71-56(7,8)72-34-57/h13-16,19-20,28,35,37-44,46-48,50-51,62,67H,17-18,21-27,29-34H2,1-12H3/t35-,37-,38-,39?,40-,41+,42-,43+,44+,46-,47+,48-,50-,51+,58-/m1/s1/i11D3. The molecule has 1 saturated carbocycles. The molecule has 0 radical (unpaired) electrons. The number of nitrogens with zero attached hydrogens (tertiary/aromatic N) is 1. The van der Waals surface area contributed by atoms with E-state index >= 15 is 0 Å². The highest BCUT2D eigenvalue weighted by Gasteiger charge is 2.53. The minimum absolute atomic E-state index is 0.0111. The molecule has 0 aromatic rings. The van der Waals surface area contributed by atoms with Crippen LogP contribution in [0.1, 0.15) is 143 Å². The van der Waals surface area contributed by atoms with Gasteiger partial charge in [-0.1, -0.05) is 77.2 Å². The Balaban J connectivity index is 1.45. The molecule has 5 aliphatic rings. The number of allylic oxidation sites excluding steroid dienone is 6. The van der Waals surface area contributed by atoms with Crippen molar-refractivity contribution in [3.63, 3.8) is 0 Å². The number of fused-ring (bicyclic) bond motifs is 3. The smallest absolute Gasteiger partial charge is 0.329 e. The molecule has 0 aromatic heterocycles. The zero-order chi connectivity index (χ0) is 57.9. The number of carbonyl (C=O) groups is 6. The van der Waals surface area contributed by atoms with Crippen LogP contribution in [0.15, 0.2) is 48.1 Å². The number of piperidine rings is 1. The molecule has 4 heterocycles. The van der Waals surface area contributed by atoms with Crippen molar-refractivity contribution >= 4 is 35.2 Å². The highest BCUT2D eigenvalue weighted by molar-refractivity contribution is 6.39. The van der Waals surface area contributed by atoms with Gasteiger partial charge >= 0.3 is 11.9 Å². The van der Waals surface area contributed by atoms with Crippen molar-refractivity contribution in [2.45, 2.75) is 200 Å². The molecule has 3 saturated heterocycles. The lowest BCUT2D eigenvalue weighted by Gasteiger charge is -2.42. The molecule has 2 N–H and O–H groups in total.